The minimum Gasteiger partial charge on any atom is -0.381 e. The molecule has 2 heterocycles. The SMILES string of the molecule is Clc1cc(N[C@@H]2CCNC2)ccn1. The fraction of sp³-hybridized carbons (Fsp3) is 0.444. The predicted octanol–water partition coefficient (Wildman–Crippen LogP) is 1.51. The van der Waals surface area contributed by atoms with Crippen molar-refractivity contribution in [1.82, 2.24) is 10.3 Å². The van der Waals surface area contributed by atoms with Gasteiger partial charge in [0.05, 0.1) is 0 Å². The van der Waals surface area contributed by atoms with Crippen LogP contribution in [0.15, 0.2) is 18.3 Å². The number of halogens is 1. The Morgan fingerprint density at radius 2 is 2.54 bits per heavy atom. The molecule has 3 nitrogen and oxygen atoms in total. The number of hydrogen-bond donors (Lipinski definition) is 2. The predicted molar refractivity (Wildman–Crippen MR) is 54.1 cm³/mol. The quantitative estimate of drug-likeness (QED) is 0.706. The van der Waals surface area contributed by atoms with Crippen molar-refractivity contribution in [3.05, 3.63) is 23.5 Å². The van der Waals surface area contributed by atoms with Gasteiger partial charge in [0.25, 0.3) is 0 Å². The van der Waals surface area contributed by atoms with Crippen LogP contribution in [0, 0.1) is 0 Å². The van der Waals surface area contributed by atoms with Crippen LogP contribution in [-0.4, -0.2) is 24.1 Å². The highest BCUT2D eigenvalue weighted by Crippen LogP contribution is 2.14. The van der Waals surface area contributed by atoms with Crippen LogP contribution in [0.5, 0.6) is 0 Å². The average Bonchev–Trinajstić information content (AvgIpc) is 2.57. The van der Waals surface area contributed by atoms with Gasteiger partial charge in [-0.3, -0.25) is 0 Å². The monoisotopic (exact) mass is 197 g/mol. The van der Waals surface area contributed by atoms with Crippen molar-refractivity contribution in [2.45, 2.75) is 12.5 Å². The van der Waals surface area contributed by atoms with E-state index in [4.69, 9.17) is 11.6 Å². The van der Waals surface area contributed by atoms with Gasteiger partial charge < -0.3 is 10.6 Å². The fourth-order valence-electron chi connectivity index (χ4n) is 1.51. The van der Waals surface area contributed by atoms with Crippen LogP contribution < -0.4 is 10.6 Å². The molecule has 2 rings (SSSR count). The zero-order valence-electron chi connectivity index (χ0n) is 7.26. The molecule has 1 atom stereocenters. The van der Waals surface area contributed by atoms with Gasteiger partial charge in [0.15, 0.2) is 0 Å². The van der Waals surface area contributed by atoms with Crippen LogP contribution in [-0.2, 0) is 0 Å². The van der Waals surface area contributed by atoms with E-state index in [9.17, 15) is 0 Å². The number of rotatable bonds is 2. The molecule has 0 amide bonds. The Morgan fingerprint density at radius 1 is 1.62 bits per heavy atom. The summed E-state index contributed by atoms with van der Waals surface area (Å²) in [4.78, 5) is 3.92. The van der Waals surface area contributed by atoms with E-state index in [0.717, 1.165) is 18.8 Å². The second-order valence-corrected chi connectivity index (χ2v) is 3.59. The summed E-state index contributed by atoms with van der Waals surface area (Å²) in [6, 6.07) is 4.31. The Kier molecular flexibility index (Phi) is 2.66. The van der Waals surface area contributed by atoms with Crippen LogP contribution in [0.25, 0.3) is 0 Å². The lowest BCUT2D eigenvalue weighted by Crippen LogP contribution is -2.21. The molecule has 1 aliphatic heterocycles. The minimum absolute atomic E-state index is 0.526. The zero-order valence-corrected chi connectivity index (χ0v) is 8.01. The molecule has 1 aromatic heterocycles. The van der Waals surface area contributed by atoms with Gasteiger partial charge in [-0.05, 0) is 25.1 Å². The van der Waals surface area contributed by atoms with Crippen molar-refractivity contribution in [2.75, 3.05) is 18.4 Å². The first kappa shape index (κ1) is 8.78. The summed E-state index contributed by atoms with van der Waals surface area (Å²) >= 11 is 5.76. The molecule has 0 unspecified atom stereocenters. The molecule has 1 aliphatic rings. The Hall–Kier alpha value is -0.800. The van der Waals surface area contributed by atoms with Gasteiger partial charge >= 0.3 is 0 Å². The highest BCUT2D eigenvalue weighted by atomic mass is 35.5. The lowest BCUT2D eigenvalue weighted by molar-refractivity contribution is 0.793. The summed E-state index contributed by atoms with van der Waals surface area (Å²) < 4.78 is 0. The number of aromatic nitrogens is 1. The largest absolute Gasteiger partial charge is 0.381 e. The number of hydrogen-bond acceptors (Lipinski definition) is 3. The number of nitrogens with zero attached hydrogens (tertiary/aromatic N) is 1. The van der Waals surface area contributed by atoms with Crippen LogP contribution in [0.2, 0.25) is 5.15 Å². The first-order valence-corrected chi connectivity index (χ1v) is 4.81. The summed E-state index contributed by atoms with van der Waals surface area (Å²) in [6.45, 7) is 2.12. The van der Waals surface area contributed by atoms with Gasteiger partial charge in [-0.1, -0.05) is 11.6 Å². The first-order chi connectivity index (χ1) is 6.34. The summed E-state index contributed by atoms with van der Waals surface area (Å²) in [5, 5.41) is 7.23. The van der Waals surface area contributed by atoms with Gasteiger partial charge in [-0.15, -0.1) is 0 Å². The van der Waals surface area contributed by atoms with Crippen molar-refractivity contribution in [2.24, 2.45) is 0 Å². The standard InChI is InChI=1S/C9H12ClN3/c10-9-5-7(2-4-12-9)13-8-1-3-11-6-8/h2,4-5,8,11H,1,3,6H2,(H,12,13)/t8-/m1/s1. The minimum atomic E-state index is 0.526. The van der Waals surface area contributed by atoms with Crippen molar-refractivity contribution in [3.8, 4) is 0 Å². The lowest BCUT2D eigenvalue weighted by Gasteiger charge is -2.12. The van der Waals surface area contributed by atoms with Crippen molar-refractivity contribution >= 4 is 17.3 Å². The fourth-order valence-corrected chi connectivity index (χ4v) is 1.68. The molecule has 0 bridgehead atoms. The van der Waals surface area contributed by atoms with Crippen molar-refractivity contribution in [3.63, 3.8) is 0 Å². The number of nitrogens with one attached hydrogen (secondary N) is 2. The Labute approximate surface area is 82.5 Å². The molecular weight excluding hydrogens is 186 g/mol. The smallest absolute Gasteiger partial charge is 0.131 e. The van der Waals surface area contributed by atoms with Gasteiger partial charge in [0.1, 0.15) is 5.15 Å². The molecule has 0 aromatic carbocycles. The average molecular weight is 198 g/mol. The van der Waals surface area contributed by atoms with Crippen LogP contribution in [0.1, 0.15) is 6.42 Å². The molecule has 0 aliphatic carbocycles. The Bertz CT molecular complexity index is 284. The lowest BCUT2D eigenvalue weighted by atomic mass is 10.2. The van der Waals surface area contributed by atoms with Gasteiger partial charge in [-0.2, -0.15) is 0 Å². The third-order valence-corrected chi connectivity index (χ3v) is 2.36. The maximum atomic E-state index is 5.76. The molecule has 0 spiro atoms. The van der Waals surface area contributed by atoms with Crippen LogP contribution in [0.4, 0.5) is 5.69 Å². The molecular formula is C9H12ClN3. The summed E-state index contributed by atoms with van der Waals surface area (Å²) in [6.07, 6.45) is 2.88. The summed E-state index contributed by atoms with van der Waals surface area (Å²) in [5.41, 5.74) is 1.05. The van der Waals surface area contributed by atoms with E-state index in [1.807, 2.05) is 12.1 Å². The molecule has 2 N–H and O–H groups in total. The number of pyridine rings is 1. The van der Waals surface area contributed by atoms with Crippen molar-refractivity contribution in [1.29, 1.82) is 0 Å². The summed E-state index contributed by atoms with van der Waals surface area (Å²) in [7, 11) is 0. The van der Waals surface area contributed by atoms with E-state index in [-0.39, 0.29) is 0 Å². The molecule has 1 aromatic rings. The first-order valence-electron chi connectivity index (χ1n) is 4.43. The van der Waals surface area contributed by atoms with E-state index in [2.05, 4.69) is 15.6 Å². The highest BCUT2D eigenvalue weighted by molar-refractivity contribution is 6.29. The van der Waals surface area contributed by atoms with E-state index < -0.39 is 0 Å². The maximum Gasteiger partial charge on any atom is 0.131 e. The molecule has 4 heteroatoms. The second-order valence-electron chi connectivity index (χ2n) is 3.20. The molecule has 70 valence electrons. The summed E-state index contributed by atoms with van der Waals surface area (Å²) in [5.74, 6) is 0. The molecule has 0 saturated carbocycles. The van der Waals surface area contributed by atoms with Crippen LogP contribution in [0.3, 0.4) is 0 Å². The van der Waals surface area contributed by atoms with Crippen molar-refractivity contribution < 1.29 is 0 Å². The van der Waals surface area contributed by atoms with Gasteiger partial charge in [-0.25, -0.2) is 4.98 Å². The molecule has 0 radical (unpaired) electrons. The topological polar surface area (TPSA) is 37.0 Å². The zero-order chi connectivity index (χ0) is 9.10. The van der Waals surface area contributed by atoms with E-state index in [0.29, 0.717) is 11.2 Å². The van der Waals surface area contributed by atoms with E-state index in [1.165, 1.54) is 6.42 Å². The third kappa shape index (κ3) is 2.32. The molecule has 1 fully saturated rings. The van der Waals surface area contributed by atoms with E-state index >= 15 is 0 Å². The Balaban J connectivity index is 2.00. The van der Waals surface area contributed by atoms with Gasteiger partial charge in [0.2, 0.25) is 0 Å². The third-order valence-electron chi connectivity index (χ3n) is 2.16. The van der Waals surface area contributed by atoms with Crippen LogP contribution >= 0.6 is 11.6 Å². The molecule has 13 heavy (non-hydrogen) atoms. The normalized spacial score (nSPS) is 21.8. The van der Waals surface area contributed by atoms with Gasteiger partial charge in [0, 0.05) is 24.5 Å². The van der Waals surface area contributed by atoms with E-state index in [1.54, 1.807) is 6.20 Å². The molecule has 1 saturated heterocycles. The Morgan fingerprint density at radius 3 is 3.23 bits per heavy atom. The second kappa shape index (κ2) is 3.94. The maximum absolute atomic E-state index is 5.76. The number of anilines is 1. The highest BCUT2D eigenvalue weighted by Gasteiger charge is 2.13.